The van der Waals surface area contributed by atoms with E-state index in [0.717, 1.165) is 6.42 Å². The smallest absolute Gasteiger partial charge is 0.223 e. The fourth-order valence-electron chi connectivity index (χ4n) is 3.10. The summed E-state index contributed by atoms with van der Waals surface area (Å²) in [7, 11) is -1.09. The molecule has 1 aliphatic heterocycles. The maximum Gasteiger partial charge on any atom is 0.223 e. The summed E-state index contributed by atoms with van der Waals surface area (Å²) in [6, 6.07) is 2.16. The molecule has 1 aromatic heterocycles. The number of aromatic nitrogens is 1. The first-order valence-corrected chi connectivity index (χ1v) is 9.89. The van der Waals surface area contributed by atoms with Gasteiger partial charge in [-0.05, 0) is 44.7 Å². The van der Waals surface area contributed by atoms with E-state index < -0.39 is 10.0 Å². The van der Waals surface area contributed by atoms with Crippen LogP contribution >= 0.6 is 0 Å². The van der Waals surface area contributed by atoms with Crippen molar-refractivity contribution >= 4 is 15.9 Å². The first-order valence-electron chi connectivity index (χ1n) is 8.04. The quantitative estimate of drug-likeness (QED) is 0.867. The molecule has 0 atom stereocenters. The monoisotopic (exact) mass is 341 g/mol. The largest absolute Gasteiger partial charge is 0.356 e. The standard InChI is InChI=1S/C16H27N3O3S/c1-12-11-15(13(2)18(12)3)5-8-17-16(20)14-6-9-19(10-7-14)23(4,21)22/h11,14H,5-10H2,1-4H3,(H,17,20). The van der Waals surface area contributed by atoms with Crippen molar-refractivity contribution in [3.63, 3.8) is 0 Å². The summed E-state index contributed by atoms with van der Waals surface area (Å²) < 4.78 is 26.6. The molecule has 2 heterocycles. The molecular weight excluding hydrogens is 314 g/mol. The lowest BCUT2D eigenvalue weighted by Crippen LogP contribution is -2.42. The number of hydrogen-bond donors (Lipinski definition) is 1. The van der Waals surface area contributed by atoms with Gasteiger partial charge in [0.1, 0.15) is 0 Å². The summed E-state index contributed by atoms with van der Waals surface area (Å²) in [5.41, 5.74) is 3.72. The van der Waals surface area contributed by atoms with Crippen molar-refractivity contribution in [2.45, 2.75) is 33.1 Å². The number of nitrogens with zero attached hydrogens (tertiary/aromatic N) is 2. The van der Waals surface area contributed by atoms with Gasteiger partial charge in [0.15, 0.2) is 0 Å². The Balaban J connectivity index is 1.79. The Hall–Kier alpha value is -1.34. The van der Waals surface area contributed by atoms with E-state index in [4.69, 9.17) is 0 Å². The molecule has 1 aromatic rings. The van der Waals surface area contributed by atoms with Crippen molar-refractivity contribution in [1.29, 1.82) is 0 Å². The molecular formula is C16H27N3O3S. The first kappa shape index (κ1) is 18.0. The molecule has 7 heteroatoms. The number of piperidine rings is 1. The number of hydrogen-bond acceptors (Lipinski definition) is 3. The highest BCUT2D eigenvalue weighted by molar-refractivity contribution is 7.88. The summed E-state index contributed by atoms with van der Waals surface area (Å²) in [5, 5.41) is 2.99. The van der Waals surface area contributed by atoms with Gasteiger partial charge in [-0.2, -0.15) is 0 Å². The van der Waals surface area contributed by atoms with E-state index in [1.807, 2.05) is 7.05 Å². The van der Waals surface area contributed by atoms with Crippen molar-refractivity contribution in [1.82, 2.24) is 14.2 Å². The lowest BCUT2D eigenvalue weighted by molar-refractivity contribution is -0.126. The summed E-state index contributed by atoms with van der Waals surface area (Å²) in [5.74, 6) is -0.0323. The van der Waals surface area contributed by atoms with Crippen LogP contribution < -0.4 is 5.32 Å². The van der Waals surface area contributed by atoms with Gasteiger partial charge in [0.25, 0.3) is 0 Å². The Bertz CT molecular complexity index is 671. The average Bonchev–Trinajstić information content (AvgIpc) is 2.74. The van der Waals surface area contributed by atoms with Crippen LogP contribution in [0.5, 0.6) is 0 Å². The Morgan fingerprint density at radius 3 is 2.39 bits per heavy atom. The van der Waals surface area contributed by atoms with Crippen LogP contribution in [0.4, 0.5) is 0 Å². The van der Waals surface area contributed by atoms with Crippen LogP contribution in [0.25, 0.3) is 0 Å². The van der Waals surface area contributed by atoms with Gasteiger partial charge in [-0.1, -0.05) is 0 Å². The van der Waals surface area contributed by atoms with E-state index in [1.54, 1.807) is 0 Å². The van der Waals surface area contributed by atoms with E-state index in [2.05, 4.69) is 29.8 Å². The number of nitrogens with one attached hydrogen (secondary N) is 1. The number of aryl methyl sites for hydroxylation is 1. The number of carbonyl (C=O) groups is 1. The van der Waals surface area contributed by atoms with Gasteiger partial charge in [0, 0.05) is 44.0 Å². The summed E-state index contributed by atoms with van der Waals surface area (Å²) in [6.45, 7) is 5.66. The molecule has 1 aliphatic rings. The lowest BCUT2D eigenvalue weighted by atomic mass is 9.97. The second-order valence-electron chi connectivity index (χ2n) is 6.43. The normalized spacial score (nSPS) is 17.4. The Morgan fingerprint density at radius 2 is 1.91 bits per heavy atom. The molecule has 1 N–H and O–H groups in total. The van der Waals surface area contributed by atoms with Crippen LogP contribution in [0.1, 0.15) is 29.8 Å². The van der Waals surface area contributed by atoms with Gasteiger partial charge in [-0.25, -0.2) is 12.7 Å². The molecule has 2 rings (SSSR count). The molecule has 6 nitrogen and oxygen atoms in total. The van der Waals surface area contributed by atoms with Crippen LogP contribution in [0, 0.1) is 19.8 Å². The highest BCUT2D eigenvalue weighted by Gasteiger charge is 2.28. The molecule has 0 bridgehead atoms. The van der Waals surface area contributed by atoms with E-state index in [-0.39, 0.29) is 11.8 Å². The maximum atomic E-state index is 12.2. The highest BCUT2D eigenvalue weighted by Crippen LogP contribution is 2.19. The van der Waals surface area contributed by atoms with Gasteiger partial charge < -0.3 is 9.88 Å². The van der Waals surface area contributed by atoms with Gasteiger partial charge in [-0.3, -0.25) is 4.79 Å². The molecule has 0 unspecified atom stereocenters. The molecule has 0 aromatic carbocycles. The van der Waals surface area contributed by atoms with Crippen LogP contribution in [0.3, 0.4) is 0 Å². The second kappa shape index (κ2) is 7.05. The van der Waals surface area contributed by atoms with Crippen molar-refractivity contribution in [2.75, 3.05) is 25.9 Å². The first-order chi connectivity index (χ1) is 10.7. The number of carbonyl (C=O) groups excluding carboxylic acids is 1. The minimum absolute atomic E-state index is 0.0449. The van der Waals surface area contributed by atoms with Gasteiger partial charge in [0.05, 0.1) is 6.26 Å². The third-order valence-electron chi connectivity index (χ3n) is 4.87. The molecule has 0 aliphatic carbocycles. The Kier molecular flexibility index (Phi) is 5.52. The molecule has 0 saturated carbocycles. The third-order valence-corrected chi connectivity index (χ3v) is 6.17. The third kappa shape index (κ3) is 4.35. The average molecular weight is 341 g/mol. The molecule has 1 saturated heterocycles. The molecule has 23 heavy (non-hydrogen) atoms. The number of rotatable bonds is 5. The molecule has 0 spiro atoms. The number of amides is 1. The van der Waals surface area contributed by atoms with Gasteiger partial charge in [0.2, 0.25) is 15.9 Å². The topological polar surface area (TPSA) is 71.4 Å². The fraction of sp³-hybridized carbons (Fsp3) is 0.688. The zero-order valence-electron chi connectivity index (χ0n) is 14.4. The van der Waals surface area contributed by atoms with E-state index in [0.29, 0.717) is 32.5 Å². The Morgan fingerprint density at radius 1 is 1.30 bits per heavy atom. The van der Waals surface area contributed by atoms with Crippen LogP contribution in [-0.4, -0.2) is 49.1 Å². The maximum absolute atomic E-state index is 12.2. The predicted octanol–water partition coefficient (Wildman–Crippen LogP) is 0.972. The van der Waals surface area contributed by atoms with E-state index in [1.165, 1.54) is 27.5 Å². The summed E-state index contributed by atoms with van der Waals surface area (Å²) in [4.78, 5) is 12.2. The van der Waals surface area contributed by atoms with E-state index in [9.17, 15) is 13.2 Å². The van der Waals surface area contributed by atoms with Crippen LogP contribution in [-0.2, 0) is 28.3 Å². The van der Waals surface area contributed by atoms with Crippen molar-refractivity contribution < 1.29 is 13.2 Å². The summed E-state index contributed by atoms with van der Waals surface area (Å²) in [6.07, 6.45) is 3.24. The van der Waals surface area contributed by atoms with Crippen molar-refractivity contribution in [3.8, 4) is 0 Å². The fourth-order valence-corrected chi connectivity index (χ4v) is 3.97. The van der Waals surface area contributed by atoms with Crippen LogP contribution in [0.2, 0.25) is 0 Å². The predicted molar refractivity (Wildman–Crippen MR) is 90.7 cm³/mol. The minimum Gasteiger partial charge on any atom is -0.356 e. The second-order valence-corrected chi connectivity index (χ2v) is 8.42. The van der Waals surface area contributed by atoms with Crippen molar-refractivity contribution in [3.05, 3.63) is 23.0 Å². The zero-order valence-corrected chi connectivity index (χ0v) is 15.2. The minimum atomic E-state index is -3.14. The van der Waals surface area contributed by atoms with E-state index >= 15 is 0 Å². The van der Waals surface area contributed by atoms with Crippen LogP contribution in [0.15, 0.2) is 6.07 Å². The zero-order chi connectivity index (χ0) is 17.2. The molecule has 1 fully saturated rings. The number of sulfonamides is 1. The lowest BCUT2D eigenvalue weighted by Gasteiger charge is -2.29. The molecule has 1 amide bonds. The molecule has 130 valence electrons. The highest BCUT2D eigenvalue weighted by atomic mass is 32.2. The Labute approximate surface area is 138 Å². The van der Waals surface area contributed by atoms with Gasteiger partial charge in [-0.15, -0.1) is 0 Å². The summed E-state index contributed by atoms with van der Waals surface area (Å²) >= 11 is 0. The van der Waals surface area contributed by atoms with Crippen molar-refractivity contribution in [2.24, 2.45) is 13.0 Å². The molecule has 0 radical (unpaired) electrons. The SMILES string of the molecule is Cc1cc(CCNC(=O)C2CCN(S(C)(=O)=O)CC2)c(C)n1C. The van der Waals surface area contributed by atoms with Gasteiger partial charge >= 0.3 is 0 Å².